The van der Waals surface area contributed by atoms with E-state index in [4.69, 9.17) is 11.6 Å². The maximum absolute atomic E-state index is 12.7. The van der Waals surface area contributed by atoms with Gasteiger partial charge >= 0.3 is 6.03 Å². The number of halogens is 1. The standard InChI is InChI=1S/C22H27ClN4O2/c1-3-10-24-21(28)18-13-16(8-9-20(18)27-11-4-5-12-27)25-22(29)26-17-7-6-15(2)19(23)14-17/h6-9,13-14H,3-5,10-12H2,1-2H3,(H,24,28)(H2,25,26,29). The molecule has 0 spiro atoms. The maximum atomic E-state index is 12.7. The van der Waals surface area contributed by atoms with Gasteiger partial charge in [0, 0.05) is 41.7 Å². The van der Waals surface area contributed by atoms with Crippen molar-refractivity contribution >= 4 is 40.6 Å². The molecule has 7 heteroatoms. The summed E-state index contributed by atoms with van der Waals surface area (Å²) in [5, 5.41) is 9.09. The van der Waals surface area contributed by atoms with Crippen LogP contribution in [0.1, 0.15) is 42.1 Å². The van der Waals surface area contributed by atoms with Crippen molar-refractivity contribution in [3.05, 3.63) is 52.5 Å². The first-order valence-corrected chi connectivity index (χ1v) is 10.4. The minimum atomic E-state index is -0.390. The van der Waals surface area contributed by atoms with Gasteiger partial charge in [-0.3, -0.25) is 4.79 Å². The van der Waals surface area contributed by atoms with Crippen LogP contribution in [0.2, 0.25) is 5.02 Å². The Balaban J connectivity index is 1.76. The lowest BCUT2D eigenvalue weighted by Gasteiger charge is -2.22. The molecule has 6 nitrogen and oxygen atoms in total. The summed E-state index contributed by atoms with van der Waals surface area (Å²) < 4.78 is 0. The van der Waals surface area contributed by atoms with E-state index in [1.54, 1.807) is 18.2 Å². The molecule has 1 saturated heterocycles. The van der Waals surface area contributed by atoms with E-state index < -0.39 is 6.03 Å². The number of anilines is 3. The van der Waals surface area contributed by atoms with Crippen LogP contribution in [0.5, 0.6) is 0 Å². The molecular formula is C22H27ClN4O2. The molecule has 1 fully saturated rings. The third kappa shape index (κ3) is 5.41. The van der Waals surface area contributed by atoms with E-state index in [-0.39, 0.29) is 5.91 Å². The van der Waals surface area contributed by atoms with E-state index in [2.05, 4.69) is 20.9 Å². The fourth-order valence-electron chi connectivity index (χ4n) is 3.33. The van der Waals surface area contributed by atoms with Crippen molar-refractivity contribution in [3.63, 3.8) is 0 Å². The smallest absolute Gasteiger partial charge is 0.323 e. The minimum absolute atomic E-state index is 0.122. The Labute approximate surface area is 176 Å². The summed E-state index contributed by atoms with van der Waals surface area (Å²) in [5.41, 5.74) is 3.60. The number of hydrogen-bond acceptors (Lipinski definition) is 3. The molecule has 1 aliphatic heterocycles. The van der Waals surface area contributed by atoms with Crippen LogP contribution in [0.15, 0.2) is 36.4 Å². The zero-order valence-corrected chi connectivity index (χ0v) is 17.6. The number of urea groups is 1. The summed E-state index contributed by atoms with van der Waals surface area (Å²) in [7, 11) is 0. The SMILES string of the molecule is CCCNC(=O)c1cc(NC(=O)Nc2ccc(C)c(Cl)c2)ccc1N1CCCC1. The quantitative estimate of drug-likeness (QED) is 0.620. The van der Waals surface area contributed by atoms with E-state index in [0.29, 0.717) is 28.5 Å². The van der Waals surface area contributed by atoms with Crippen molar-refractivity contribution in [3.8, 4) is 0 Å². The van der Waals surface area contributed by atoms with Crippen molar-refractivity contribution < 1.29 is 9.59 Å². The summed E-state index contributed by atoms with van der Waals surface area (Å²) in [4.78, 5) is 27.3. The van der Waals surface area contributed by atoms with Gasteiger partial charge in [0.15, 0.2) is 0 Å². The number of carbonyl (C=O) groups is 2. The molecule has 3 rings (SSSR count). The van der Waals surface area contributed by atoms with Gasteiger partial charge in [-0.05, 0) is 62.1 Å². The third-order valence-electron chi connectivity index (χ3n) is 4.91. The van der Waals surface area contributed by atoms with E-state index in [0.717, 1.165) is 43.6 Å². The van der Waals surface area contributed by atoms with Crippen molar-refractivity contribution in [1.82, 2.24) is 5.32 Å². The molecule has 0 aliphatic carbocycles. The molecule has 0 bridgehead atoms. The molecule has 2 aromatic rings. The number of carbonyl (C=O) groups excluding carboxylic acids is 2. The van der Waals surface area contributed by atoms with Crippen LogP contribution in [0.3, 0.4) is 0 Å². The summed E-state index contributed by atoms with van der Waals surface area (Å²) in [5.74, 6) is -0.122. The van der Waals surface area contributed by atoms with Gasteiger partial charge in [0.05, 0.1) is 5.56 Å². The van der Waals surface area contributed by atoms with Crippen LogP contribution in [0, 0.1) is 6.92 Å². The van der Waals surface area contributed by atoms with Gasteiger partial charge in [-0.2, -0.15) is 0 Å². The van der Waals surface area contributed by atoms with E-state index in [1.165, 1.54) is 0 Å². The van der Waals surface area contributed by atoms with Crippen LogP contribution in [-0.4, -0.2) is 31.6 Å². The van der Waals surface area contributed by atoms with Gasteiger partial charge in [0.1, 0.15) is 0 Å². The largest absolute Gasteiger partial charge is 0.371 e. The molecule has 2 aromatic carbocycles. The Kier molecular flexibility index (Phi) is 6.99. The van der Waals surface area contributed by atoms with Crippen molar-refractivity contribution in [2.24, 2.45) is 0 Å². The van der Waals surface area contributed by atoms with Gasteiger partial charge in [0.2, 0.25) is 0 Å². The van der Waals surface area contributed by atoms with Gasteiger partial charge < -0.3 is 20.9 Å². The number of nitrogens with one attached hydrogen (secondary N) is 3. The fourth-order valence-corrected chi connectivity index (χ4v) is 3.51. The van der Waals surface area contributed by atoms with Crippen molar-refractivity contribution in [1.29, 1.82) is 0 Å². The minimum Gasteiger partial charge on any atom is -0.371 e. The van der Waals surface area contributed by atoms with E-state index in [9.17, 15) is 9.59 Å². The van der Waals surface area contributed by atoms with Crippen molar-refractivity contribution in [2.45, 2.75) is 33.1 Å². The van der Waals surface area contributed by atoms with Gasteiger partial charge in [-0.15, -0.1) is 0 Å². The first-order valence-electron chi connectivity index (χ1n) is 9.99. The highest BCUT2D eigenvalue weighted by Gasteiger charge is 2.20. The number of rotatable bonds is 6. The van der Waals surface area contributed by atoms with Gasteiger partial charge in [-0.25, -0.2) is 4.79 Å². The molecule has 0 aromatic heterocycles. The van der Waals surface area contributed by atoms with Crippen LogP contribution in [-0.2, 0) is 0 Å². The molecule has 0 unspecified atom stereocenters. The van der Waals surface area contributed by atoms with Crippen LogP contribution >= 0.6 is 11.6 Å². The molecule has 3 amide bonds. The van der Waals surface area contributed by atoms with Crippen molar-refractivity contribution in [2.75, 3.05) is 35.2 Å². The zero-order valence-electron chi connectivity index (χ0n) is 16.8. The lowest BCUT2D eigenvalue weighted by atomic mass is 10.1. The predicted octanol–water partition coefficient (Wildman–Crippen LogP) is 5.03. The first-order chi connectivity index (χ1) is 14.0. The van der Waals surface area contributed by atoms with E-state index >= 15 is 0 Å². The molecular weight excluding hydrogens is 388 g/mol. The average Bonchev–Trinajstić information content (AvgIpc) is 3.23. The number of benzene rings is 2. The Hall–Kier alpha value is -2.73. The number of nitrogens with zero attached hydrogens (tertiary/aromatic N) is 1. The molecule has 154 valence electrons. The second kappa shape index (κ2) is 9.65. The number of hydrogen-bond donors (Lipinski definition) is 3. The lowest BCUT2D eigenvalue weighted by molar-refractivity contribution is 0.0954. The zero-order chi connectivity index (χ0) is 20.8. The highest BCUT2D eigenvalue weighted by molar-refractivity contribution is 6.31. The first kappa shape index (κ1) is 21.0. The average molecular weight is 415 g/mol. The molecule has 0 saturated carbocycles. The molecule has 0 atom stereocenters. The molecule has 1 heterocycles. The number of aryl methyl sites for hydroxylation is 1. The lowest BCUT2D eigenvalue weighted by Crippen LogP contribution is -2.28. The maximum Gasteiger partial charge on any atom is 0.323 e. The second-order valence-corrected chi connectivity index (χ2v) is 7.63. The summed E-state index contributed by atoms with van der Waals surface area (Å²) >= 11 is 6.11. The van der Waals surface area contributed by atoms with Gasteiger partial charge in [0.25, 0.3) is 5.91 Å². The van der Waals surface area contributed by atoms with Crippen LogP contribution in [0.4, 0.5) is 21.9 Å². The Morgan fingerprint density at radius 3 is 2.34 bits per heavy atom. The molecule has 3 N–H and O–H groups in total. The monoisotopic (exact) mass is 414 g/mol. The van der Waals surface area contributed by atoms with Crippen LogP contribution in [0.25, 0.3) is 0 Å². The predicted molar refractivity (Wildman–Crippen MR) is 119 cm³/mol. The molecule has 1 aliphatic rings. The fraction of sp³-hybridized carbons (Fsp3) is 0.364. The Morgan fingerprint density at radius 2 is 1.69 bits per heavy atom. The highest BCUT2D eigenvalue weighted by Crippen LogP contribution is 2.28. The molecule has 29 heavy (non-hydrogen) atoms. The summed E-state index contributed by atoms with van der Waals surface area (Å²) in [6.45, 7) is 6.41. The topological polar surface area (TPSA) is 73.5 Å². The molecule has 0 radical (unpaired) electrons. The van der Waals surface area contributed by atoms with E-state index in [1.807, 2.05) is 32.0 Å². The third-order valence-corrected chi connectivity index (χ3v) is 5.32. The highest BCUT2D eigenvalue weighted by atomic mass is 35.5. The second-order valence-electron chi connectivity index (χ2n) is 7.23. The Bertz CT molecular complexity index is 894. The summed E-state index contributed by atoms with van der Waals surface area (Å²) in [6.07, 6.45) is 3.11. The summed E-state index contributed by atoms with van der Waals surface area (Å²) in [6, 6.07) is 10.4. The van der Waals surface area contributed by atoms with Crippen LogP contribution < -0.4 is 20.9 Å². The van der Waals surface area contributed by atoms with Gasteiger partial charge in [-0.1, -0.05) is 24.6 Å². The number of amides is 3. The normalized spacial score (nSPS) is 13.3. The Morgan fingerprint density at radius 1 is 1.03 bits per heavy atom.